The van der Waals surface area contributed by atoms with Crippen LogP contribution in [0.3, 0.4) is 0 Å². The molecule has 0 radical (unpaired) electrons. The summed E-state index contributed by atoms with van der Waals surface area (Å²) in [5.74, 6) is -1.23. The van der Waals surface area contributed by atoms with Crippen LogP contribution >= 0.6 is 0 Å². The largest absolute Gasteiger partial charge is 0.480 e. The fraction of sp³-hybridized carbons (Fsp3) is 0.872. The van der Waals surface area contributed by atoms with Gasteiger partial charge in [0.2, 0.25) is 5.91 Å². The van der Waals surface area contributed by atoms with Gasteiger partial charge >= 0.3 is 11.9 Å². The summed E-state index contributed by atoms with van der Waals surface area (Å²) in [6.45, 7) is 4.21. The third-order valence-corrected chi connectivity index (χ3v) is 8.69. The monoisotopic (exact) mass is 636 g/mol. The number of allylic oxidation sites excluding steroid dienone is 2. The van der Waals surface area contributed by atoms with Gasteiger partial charge in [-0.2, -0.15) is 0 Å². The molecule has 0 saturated heterocycles. The average Bonchev–Trinajstić information content (AvgIpc) is 3.02. The Balaban J connectivity index is 4.15. The van der Waals surface area contributed by atoms with Crippen LogP contribution in [0.4, 0.5) is 0 Å². The number of carboxylic acids is 1. The number of nitrogens with one attached hydrogen (secondary N) is 1. The number of aliphatic carboxylic acids is 1. The van der Waals surface area contributed by atoms with Gasteiger partial charge in [0.15, 0.2) is 0 Å². The van der Waals surface area contributed by atoms with Crippen molar-refractivity contribution in [2.24, 2.45) is 0 Å². The quantitative estimate of drug-likeness (QED) is 0.0410. The van der Waals surface area contributed by atoms with Crippen molar-refractivity contribution in [2.45, 2.75) is 213 Å². The molecular formula is C39H73NO5. The van der Waals surface area contributed by atoms with Gasteiger partial charge in [-0.3, -0.25) is 14.4 Å². The Hall–Kier alpha value is -1.85. The van der Waals surface area contributed by atoms with Crippen molar-refractivity contribution in [1.29, 1.82) is 0 Å². The molecule has 0 aliphatic rings. The van der Waals surface area contributed by atoms with E-state index >= 15 is 0 Å². The van der Waals surface area contributed by atoms with Crippen LogP contribution in [-0.2, 0) is 19.1 Å². The summed E-state index contributed by atoms with van der Waals surface area (Å²) in [5, 5.41) is 11.1. The maximum atomic E-state index is 12.7. The highest BCUT2D eigenvalue weighted by molar-refractivity contribution is 5.80. The predicted molar refractivity (Wildman–Crippen MR) is 190 cm³/mol. The highest BCUT2D eigenvalue weighted by Crippen LogP contribution is 2.19. The maximum Gasteiger partial charge on any atom is 0.322 e. The second kappa shape index (κ2) is 35.0. The summed E-state index contributed by atoms with van der Waals surface area (Å²) >= 11 is 0. The van der Waals surface area contributed by atoms with Crippen molar-refractivity contribution in [3.8, 4) is 0 Å². The molecule has 1 unspecified atom stereocenters. The van der Waals surface area contributed by atoms with Gasteiger partial charge in [-0.1, -0.05) is 142 Å². The van der Waals surface area contributed by atoms with Crippen LogP contribution < -0.4 is 5.32 Å². The van der Waals surface area contributed by atoms with E-state index in [-0.39, 0.29) is 24.5 Å². The van der Waals surface area contributed by atoms with E-state index in [0.29, 0.717) is 12.8 Å². The van der Waals surface area contributed by atoms with Crippen LogP contribution in [0, 0.1) is 0 Å². The van der Waals surface area contributed by atoms with Crippen molar-refractivity contribution in [1.82, 2.24) is 5.32 Å². The number of esters is 1. The number of carbonyl (C=O) groups excluding carboxylic acids is 2. The normalized spacial score (nSPS) is 12.0. The SMILES string of the molecule is CCCCCC/C=C\CCCCCCCC(=O)OC(CCCCCCCCCCCC)CCCCCCCC(=O)NCC(=O)O. The van der Waals surface area contributed by atoms with Crippen LogP contribution in [0.2, 0.25) is 0 Å². The lowest BCUT2D eigenvalue weighted by Gasteiger charge is -2.18. The molecule has 6 nitrogen and oxygen atoms in total. The first-order valence-electron chi connectivity index (χ1n) is 19.3. The van der Waals surface area contributed by atoms with Crippen LogP contribution in [0.15, 0.2) is 12.2 Å². The zero-order valence-electron chi connectivity index (χ0n) is 29.7. The molecule has 0 aromatic rings. The van der Waals surface area contributed by atoms with Gasteiger partial charge in [0.1, 0.15) is 12.6 Å². The second-order valence-electron chi connectivity index (χ2n) is 13.2. The summed E-state index contributed by atoms with van der Waals surface area (Å²) in [5.41, 5.74) is 0. The number of ether oxygens (including phenoxy) is 1. The van der Waals surface area contributed by atoms with E-state index in [4.69, 9.17) is 9.84 Å². The van der Waals surface area contributed by atoms with Crippen LogP contribution in [0.25, 0.3) is 0 Å². The van der Waals surface area contributed by atoms with Crippen LogP contribution in [0.5, 0.6) is 0 Å². The molecule has 0 aliphatic heterocycles. The molecule has 2 N–H and O–H groups in total. The van der Waals surface area contributed by atoms with Crippen molar-refractivity contribution in [3.05, 3.63) is 12.2 Å². The Labute approximate surface area is 278 Å². The van der Waals surface area contributed by atoms with Gasteiger partial charge < -0.3 is 15.2 Å². The van der Waals surface area contributed by atoms with Gasteiger partial charge in [0.25, 0.3) is 0 Å². The second-order valence-corrected chi connectivity index (χ2v) is 13.2. The van der Waals surface area contributed by atoms with Crippen LogP contribution in [0.1, 0.15) is 206 Å². The minimum absolute atomic E-state index is 0.0227. The zero-order chi connectivity index (χ0) is 33.1. The number of amides is 1. The number of rotatable bonds is 35. The predicted octanol–water partition coefficient (Wildman–Crippen LogP) is 11.4. The maximum absolute atomic E-state index is 12.7. The molecule has 0 saturated carbocycles. The first kappa shape index (κ1) is 43.1. The molecule has 1 atom stereocenters. The van der Waals surface area contributed by atoms with E-state index < -0.39 is 5.97 Å². The molecule has 0 rings (SSSR count). The lowest BCUT2D eigenvalue weighted by atomic mass is 10.0. The van der Waals surface area contributed by atoms with Crippen LogP contribution in [-0.4, -0.2) is 35.6 Å². The van der Waals surface area contributed by atoms with Crippen molar-refractivity contribution in [3.63, 3.8) is 0 Å². The van der Waals surface area contributed by atoms with E-state index in [9.17, 15) is 14.4 Å². The lowest BCUT2D eigenvalue weighted by Crippen LogP contribution is -2.28. The van der Waals surface area contributed by atoms with Gasteiger partial charge in [-0.15, -0.1) is 0 Å². The molecular weight excluding hydrogens is 562 g/mol. The summed E-state index contributed by atoms with van der Waals surface area (Å²) in [6, 6.07) is 0. The Kier molecular flexibility index (Phi) is 33.6. The molecule has 6 heteroatoms. The fourth-order valence-corrected chi connectivity index (χ4v) is 5.80. The smallest absolute Gasteiger partial charge is 0.322 e. The van der Waals surface area contributed by atoms with E-state index in [1.165, 1.54) is 116 Å². The van der Waals surface area contributed by atoms with Gasteiger partial charge in [-0.25, -0.2) is 0 Å². The minimum atomic E-state index is -1.02. The Morgan fingerprint density at radius 2 is 0.956 bits per heavy atom. The molecule has 0 aromatic carbocycles. The summed E-state index contributed by atoms with van der Waals surface area (Å²) < 4.78 is 6.00. The summed E-state index contributed by atoms with van der Waals surface area (Å²) in [4.78, 5) is 34.9. The molecule has 45 heavy (non-hydrogen) atoms. The van der Waals surface area contributed by atoms with Gasteiger partial charge in [0, 0.05) is 12.8 Å². The molecule has 0 spiro atoms. The minimum Gasteiger partial charge on any atom is -0.480 e. The van der Waals surface area contributed by atoms with E-state index in [1.54, 1.807) is 0 Å². The molecule has 0 heterocycles. The van der Waals surface area contributed by atoms with E-state index in [0.717, 1.165) is 64.2 Å². The first-order valence-corrected chi connectivity index (χ1v) is 19.3. The first-order chi connectivity index (χ1) is 22.0. The Bertz CT molecular complexity index is 708. The number of hydrogen-bond donors (Lipinski definition) is 2. The van der Waals surface area contributed by atoms with Crippen molar-refractivity contribution < 1.29 is 24.2 Å². The molecule has 0 fully saturated rings. The lowest BCUT2D eigenvalue weighted by molar-refractivity contribution is -0.150. The van der Waals surface area contributed by atoms with Crippen molar-refractivity contribution in [2.75, 3.05) is 6.54 Å². The molecule has 0 aromatic heterocycles. The van der Waals surface area contributed by atoms with Crippen molar-refractivity contribution >= 4 is 17.8 Å². The zero-order valence-corrected chi connectivity index (χ0v) is 29.7. The standard InChI is InChI=1S/C39H73NO5/c1-3-5-7-9-11-13-15-16-17-19-21-26-30-34-39(44)45-36(31-27-23-20-18-14-12-10-8-6-4-2)32-28-24-22-25-29-33-37(41)40-35-38(42)43/h13,15,36H,3-12,14,16-35H2,1-2H3,(H,40,41)(H,42,43)/b15-13-. The topological polar surface area (TPSA) is 92.7 Å². The highest BCUT2D eigenvalue weighted by Gasteiger charge is 2.14. The molecule has 0 aliphatic carbocycles. The number of carbonyl (C=O) groups is 3. The Morgan fingerprint density at radius 1 is 0.556 bits per heavy atom. The summed E-state index contributed by atoms with van der Waals surface area (Å²) in [6.07, 6.45) is 38.9. The number of carboxylic acid groups (broad SMARTS) is 1. The number of unbranched alkanes of at least 4 members (excludes halogenated alkanes) is 22. The average molecular weight is 636 g/mol. The van der Waals surface area contributed by atoms with E-state index in [1.807, 2.05) is 0 Å². The summed E-state index contributed by atoms with van der Waals surface area (Å²) in [7, 11) is 0. The van der Waals surface area contributed by atoms with Gasteiger partial charge in [0.05, 0.1) is 0 Å². The number of hydrogen-bond acceptors (Lipinski definition) is 4. The molecule has 264 valence electrons. The third kappa shape index (κ3) is 34.9. The highest BCUT2D eigenvalue weighted by atomic mass is 16.5. The molecule has 0 bridgehead atoms. The fourth-order valence-electron chi connectivity index (χ4n) is 5.80. The van der Waals surface area contributed by atoms with E-state index in [2.05, 4.69) is 31.3 Å². The third-order valence-electron chi connectivity index (χ3n) is 8.69. The Morgan fingerprint density at radius 3 is 1.44 bits per heavy atom. The molecule has 1 amide bonds. The van der Waals surface area contributed by atoms with Gasteiger partial charge in [-0.05, 0) is 64.2 Å².